The van der Waals surface area contributed by atoms with Gasteiger partial charge in [-0.05, 0) is 25.0 Å². The van der Waals surface area contributed by atoms with Crippen LogP contribution >= 0.6 is 0 Å². The molecule has 1 aromatic carbocycles. The minimum absolute atomic E-state index is 0.0628. The van der Waals surface area contributed by atoms with Gasteiger partial charge in [-0.2, -0.15) is 18.3 Å². The maximum Gasteiger partial charge on any atom is 0.417 e. The molecular weight excluding hydrogens is 447 g/mol. The minimum Gasteiger partial charge on any atom is -0.452 e. The highest BCUT2D eigenvalue weighted by Crippen LogP contribution is 2.41. The number of nitrogens with two attached hydrogens (primary N) is 1. The van der Waals surface area contributed by atoms with Gasteiger partial charge in [-0.1, -0.05) is 18.2 Å². The van der Waals surface area contributed by atoms with E-state index in [1.54, 1.807) is 25.4 Å². The average Bonchev–Trinajstić information content (AvgIpc) is 3.47. The van der Waals surface area contributed by atoms with Crippen molar-refractivity contribution in [1.29, 1.82) is 0 Å². The van der Waals surface area contributed by atoms with Crippen molar-refractivity contribution in [2.45, 2.75) is 32.0 Å². The predicted octanol–water partition coefficient (Wildman–Crippen LogP) is 5.14. The van der Waals surface area contributed by atoms with Crippen molar-refractivity contribution in [3.8, 4) is 22.5 Å². The van der Waals surface area contributed by atoms with E-state index >= 15 is 0 Å². The molecule has 0 saturated carbocycles. The van der Waals surface area contributed by atoms with Crippen molar-refractivity contribution in [1.82, 2.24) is 19.7 Å². The molecule has 0 bridgehead atoms. The average molecular weight is 469 g/mol. The van der Waals surface area contributed by atoms with E-state index in [2.05, 4.69) is 10.1 Å². The van der Waals surface area contributed by atoms with Crippen molar-refractivity contribution in [3.05, 3.63) is 54.5 Å². The number of nitrogen functional groups attached to an aromatic ring is 1. The molecule has 1 saturated heterocycles. The molecule has 4 heterocycles. The number of alkyl halides is 3. The molecule has 5 rings (SSSR count). The minimum atomic E-state index is -4.53. The number of carbonyl (C=O) groups excluding carboxylic acids is 1. The van der Waals surface area contributed by atoms with Crippen LogP contribution in [0.25, 0.3) is 33.4 Å². The molecule has 1 amide bonds. The van der Waals surface area contributed by atoms with Gasteiger partial charge >= 0.3 is 6.18 Å². The van der Waals surface area contributed by atoms with Gasteiger partial charge < -0.3 is 15.1 Å². The molecule has 176 valence electrons. The molecule has 0 unspecified atom stereocenters. The molecule has 1 aliphatic heterocycles. The number of benzene rings is 1. The second kappa shape index (κ2) is 8.19. The monoisotopic (exact) mass is 469 g/mol. The van der Waals surface area contributed by atoms with E-state index in [9.17, 15) is 18.0 Å². The Labute approximate surface area is 193 Å². The van der Waals surface area contributed by atoms with Gasteiger partial charge in [0.05, 0.1) is 17.8 Å². The van der Waals surface area contributed by atoms with Crippen molar-refractivity contribution in [2.24, 2.45) is 0 Å². The molecule has 1 fully saturated rings. The highest BCUT2D eigenvalue weighted by molar-refractivity contribution is 6.00. The number of pyridine rings is 1. The van der Waals surface area contributed by atoms with Crippen LogP contribution in [0.15, 0.2) is 53.3 Å². The van der Waals surface area contributed by atoms with Crippen LogP contribution in [-0.4, -0.2) is 38.7 Å². The Kier molecular flexibility index (Phi) is 5.30. The summed E-state index contributed by atoms with van der Waals surface area (Å²) in [7, 11) is 0. The Morgan fingerprint density at radius 1 is 1.15 bits per heavy atom. The zero-order valence-corrected chi connectivity index (χ0v) is 18.3. The van der Waals surface area contributed by atoms with Gasteiger partial charge in [-0.3, -0.25) is 9.48 Å². The fraction of sp³-hybridized carbons (Fsp3) is 0.292. The van der Waals surface area contributed by atoms with Crippen LogP contribution in [0.3, 0.4) is 0 Å². The summed E-state index contributed by atoms with van der Waals surface area (Å²) in [6.45, 7) is 2.91. The van der Waals surface area contributed by atoms with Crippen LogP contribution in [0, 0.1) is 0 Å². The Balaban J connectivity index is 1.52. The third kappa shape index (κ3) is 3.89. The quantitative estimate of drug-likeness (QED) is 0.449. The van der Waals surface area contributed by atoms with E-state index in [4.69, 9.17) is 10.2 Å². The van der Waals surface area contributed by atoms with Crippen molar-refractivity contribution in [3.63, 3.8) is 0 Å². The third-order valence-electron chi connectivity index (χ3n) is 6.28. The summed E-state index contributed by atoms with van der Waals surface area (Å²) in [6.07, 6.45) is 2.21. The topological polar surface area (TPSA) is 90.2 Å². The van der Waals surface area contributed by atoms with Crippen molar-refractivity contribution >= 4 is 22.7 Å². The Morgan fingerprint density at radius 2 is 1.88 bits per heavy atom. The van der Waals surface area contributed by atoms with E-state index in [0.29, 0.717) is 24.0 Å². The van der Waals surface area contributed by atoms with Gasteiger partial charge in [-0.15, -0.1) is 0 Å². The number of amides is 1. The van der Waals surface area contributed by atoms with Gasteiger partial charge in [0.2, 0.25) is 5.91 Å². The number of likely N-dealkylation sites (tertiary alicyclic amines) is 1. The lowest BCUT2D eigenvalue weighted by atomic mass is 10.0. The van der Waals surface area contributed by atoms with E-state index < -0.39 is 11.7 Å². The fourth-order valence-corrected chi connectivity index (χ4v) is 4.47. The smallest absolute Gasteiger partial charge is 0.417 e. The number of carbonyl (C=O) groups is 1. The summed E-state index contributed by atoms with van der Waals surface area (Å²) in [5.74, 6) is 0.226. The molecule has 0 radical (unpaired) electrons. The number of hydrogen-bond donors (Lipinski definition) is 1. The zero-order chi connectivity index (χ0) is 24.0. The Bertz CT molecular complexity index is 1370. The molecule has 3 aromatic heterocycles. The number of piperidine rings is 1. The van der Waals surface area contributed by atoms with Gasteiger partial charge in [0, 0.05) is 54.5 Å². The molecule has 0 aliphatic carbocycles. The lowest BCUT2D eigenvalue weighted by Crippen LogP contribution is -2.37. The van der Waals surface area contributed by atoms with Crippen LogP contribution in [0.5, 0.6) is 0 Å². The highest BCUT2D eigenvalue weighted by Gasteiger charge is 2.34. The van der Waals surface area contributed by atoms with Gasteiger partial charge in [0.1, 0.15) is 5.76 Å². The standard InChI is InChI=1S/C24H22F3N5O2/c1-14(33)31-8-6-16(7-9-31)32-13-15(11-30-32)19-12-29-23(28)22-18(19)10-21(34-22)17-4-2-3-5-20(17)24(25,26)27/h2-5,10-13,16H,6-9H2,1H3,(H2,28,29). The van der Waals surface area contributed by atoms with E-state index in [-0.39, 0.29) is 34.7 Å². The first-order chi connectivity index (χ1) is 16.2. The Hall–Kier alpha value is -3.82. The number of nitrogens with zero attached hydrogens (tertiary/aromatic N) is 4. The van der Waals surface area contributed by atoms with E-state index in [0.717, 1.165) is 24.5 Å². The first-order valence-corrected chi connectivity index (χ1v) is 10.9. The SMILES string of the molecule is CC(=O)N1CCC(n2cc(-c3cnc(N)c4oc(-c5ccccc5C(F)(F)F)cc34)cn2)CC1. The van der Waals surface area contributed by atoms with Crippen LogP contribution in [0.4, 0.5) is 19.0 Å². The predicted molar refractivity (Wildman–Crippen MR) is 121 cm³/mol. The maximum atomic E-state index is 13.5. The fourth-order valence-electron chi connectivity index (χ4n) is 4.47. The first-order valence-electron chi connectivity index (χ1n) is 10.9. The van der Waals surface area contributed by atoms with Crippen molar-refractivity contribution < 1.29 is 22.4 Å². The number of rotatable bonds is 3. The summed E-state index contributed by atoms with van der Waals surface area (Å²) in [6, 6.07) is 6.98. The summed E-state index contributed by atoms with van der Waals surface area (Å²) in [5, 5.41) is 5.06. The summed E-state index contributed by atoms with van der Waals surface area (Å²) >= 11 is 0. The highest BCUT2D eigenvalue weighted by atomic mass is 19.4. The van der Waals surface area contributed by atoms with Crippen molar-refractivity contribution in [2.75, 3.05) is 18.8 Å². The number of aromatic nitrogens is 3. The summed E-state index contributed by atoms with van der Waals surface area (Å²) < 4.78 is 48.3. The van der Waals surface area contributed by atoms with Gasteiger partial charge in [0.15, 0.2) is 11.4 Å². The van der Waals surface area contributed by atoms with Crippen LogP contribution in [-0.2, 0) is 11.0 Å². The summed E-state index contributed by atoms with van der Waals surface area (Å²) in [5.41, 5.74) is 6.79. The number of hydrogen-bond acceptors (Lipinski definition) is 5. The molecule has 10 heteroatoms. The maximum absolute atomic E-state index is 13.5. The Morgan fingerprint density at radius 3 is 2.59 bits per heavy atom. The molecule has 4 aromatic rings. The second-order valence-corrected chi connectivity index (χ2v) is 8.40. The first kappa shape index (κ1) is 22.0. The molecule has 34 heavy (non-hydrogen) atoms. The molecule has 2 N–H and O–H groups in total. The van der Waals surface area contributed by atoms with Crippen LogP contribution in [0.2, 0.25) is 0 Å². The second-order valence-electron chi connectivity index (χ2n) is 8.40. The van der Waals surface area contributed by atoms with Crippen LogP contribution < -0.4 is 5.73 Å². The molecular formula is C24H22F3N5O2. The molecule has 1 aliphatic rings. The normalized spacial score (nSPS) is 15.2. The van der Waals surface area contributed by atoms with Gasteiger partial charge in [-0.25, -0.2) is 4.98 Å². The van der Waals surface area contributed by atoms with E-state index in [1.807, 2.05) is 15.8 Å². The number of anilines is 1. The summed E-state index contributed by atoms with van der Waals surface area (Å²) in [4.78, 5) is 17.6. The number of halogens is 3. The lowest BCUT2D eigenvalue weighted by molar-refractivity contribution is -0.137. The molecule has 0 atom stereocenters. The third-order valence-corrected chi connectivity index (χ3v) is 6.28. The van der Waals surface area contributed by atoms with Gasteiger partial charge in [0.25, 0.3) is 0 Å². The number of fused-ring (bicyclic) bond motifs is 1. The molecule has 0 spiro atoms. The number of furan rings is 1. The lowest BCUT2D eigenvalue weighted by Gasteiger charge is -2.31. The zero-order valence-electron chi connectivity index (χ0n) is 18.3. The van der Waals surface area contributed by atoms with Crippen LogP contribution in [0.1, 0.15) is 31.4 Å². The van der Waals surface area contributed by atoms with E-state index in [1.165, 1.54) is 18.2 Å². The molecule has 7 nitrogen and oxygen atoms in total. The largest absolute Gasteiger partial charge is 0.452 e.